The molecule has 1 saturated heterocycles. The van der Waals surface area contributed by atoms with Crippen LogP contribution in [0.2, 0.25) is 0 Å². The summed E-state index contributed by atoms with van der Waals surface area (Å²) in [4.78, 5) is 23.1. The van der Waals surface area contributed by atoms with Crippen molar-refractivity contribution in [1.82, 2.24) is 5.32 Å². The van der Waals surface area contributed by atoms with Gasteiger partial charge in [0.1, 0.15) is 0 Å². The Labute approximate surface area is 123 Å². The Morgan fingerprint density at radius 1 is 1.43 bits per heavy atom. The number of aryl methyl sites for hydroxylation is 1. The molecule has 0 aliphatic carbocycles. The molecular weight excluding hydrogens is 272 g/mol. The number of carboxylic acids is 1. The van der Waals surface area contributed by atoms with Gasteiger partial charge >= 0.3 is 12.0 Å². The molecule has 2 rings (SSSR count). The molecule has 1 heterocycles. The first-order chi connectivity index (χ1) is 9.97. The first-order valence-corrected chi connectivity index (χ1v) is 6.97. The number of anilines is 1. The number of aromatic carboxylic acids is 1. The van der Waals surface area contributed by atoms with Crippen molar-refractivity contribution in [2.24, 2.45) is 5.92 Å². The van der Waals surface area contributed by atoms with Crippen molar-refractivity contribution in [3.8, 4) is 0 Å². The molecule has 21 heavy (non-hydrogen) atoms. The highest BCUT2D eigenvalue weighted by molar-refractivity contribution is 6.00. The van der Waals surface area contributed by atoms with E-state index in [1.54, 1.807) is 19.1 Å². The van der Waals surface area contributed by atoms with Crippen LogP contribution in [0.3, 0.4) is 0 Å². The molecule has 0 saturated carbocycles. The molecule has 2 atom stereocenters. The quantitative estimate of drug-likeness (QED) is 0.794. The predicted molar refractivity (Wildman–Crippen MR) is 78.7 cm³/mol. The lowest BCUT2D eigenvalue weighted by Crippen LogP contribution is -2.35. The maximum atomic E-state index is 11.9. The molecule has 0 aromatic heterocycles. The molecule has 0 spiro atoms. The summed E-state index contributed by atoms with van der Waals surface area (Å²) < 4.78 is 5.43. The van der Waals surface area contributed by atoms with Crippen LogP contribution in [0, 0.1) is 12.8 Å². The fraction of sp³-hybridized carbons (Fsp3) is 0.467. The van der Waals surface area contributed by atoms with Gasteiger partial charge in [-0.1, -0.05) is 11.6 Å². The second kappa shape index (κ2) is 6.58. The van der Waals surface area contributed by atoms with Crippen LogP contribution in [0.1, 0.15) is 29.3 Å². The Balaban J connectivity index is 1.95. The summed E-state index contributed by atoms with van der Waals surface area (Å²) in [7, 11) is 0. The summed E-state index contributed by atoms with van der Waals surface area (Å²) in [6, 6.07) is 4.49. The summed E-state index contributed by atoms with van der Waals surface area (Å²) in [5, 5.41) is 14.5. The Morgan fingerprint density at radius 3 is 2.81 bits per heavy atom. The van der Waals surface area contributed by atoms with Crippen LogP contribution < -0.4 is 10.6 Å². The van der Waals surface area contributed by atoms with Gasteiger partial charge < -0.3 is 20.5 Å². The van der Waals surface area contributed by atoms with Crippen LogP contribution in [-0.4, -0.2) is 36.4 Å². The number of benzene rings is 1. The van der Waals surface area contributed by atoms with Crippen molar-refractivity contribution in [3.63, 3.8) is 0 Å². The molecule has 1 fully saturated rings. The van der Waals surface area contributed by atoms with E-state index in [0.29, 0.717) is 18.2 Å². The molecule has 0 bridgehead atoms. The zero-order valence-corrected chi connectivity index (χ0v) is 12.2. The third kappa shape index (κ3) is 3.95. The van der Waals surface area contributed by atoms with Crippen LogP contribution in [0.15, 0.2) is 18.2 Å². The molecule has 114 valence electrons. The van der Waals surface area contributed by atoms with E-state index in [4.69, 9.17) is 9.84 Å². The maximum Gasteiger partial charge on any atom is 0.337 e. The SMILES string of the molecule is Cc1ccc(NC(=O)NCC2CCOC2C)c(C(=O)O)c1. The number of amides is 2. The fourth-order valence-corrected chi connectivity index (χ4v) is 2.38. The van der Waals surface area contributed by atoms with E-state index in [0.717, 1.165) is 18.6 Å². The number of urea groups is 1. The number of nitrogens with one attached hydrogen (secondary N) is 2. The van der Waals surface area contributed by atoms with Crippen LogP contribution >= 0.6 is 0 Å². The van der Waals surface area contributed by atoms with Crippen molar-refractivity contribution >= 4 is 17.7 Å². The third-order valence-electron chi connectivity index (χ3n) is 3.71. The number of rotatable bonds is 4. The Morgan fingerprint density at radius 2 is 2.19 bits per heavy atom. The first-order valence-electron chi connectivity index (χ1n) is 6.97. The second-order valence-corrected chi connectivity index (χ2v) is 5.31. The van der Waals surface area contributed by atoms with Crippen LogP contribution in [-0.2, 0) is 4.74 Å². The normalized spacial score (nSPS) is 21.0. The third-order valence-corrected chi connectivity index (χ3v) is 3.71. The van der Waals surface area contributed by atoms with E-state index in [-0.39, 0.29) is 11.7 Å². The lowest BCUT2D eigenvalue weighted by molar-refractivity contribution is 0.0698. The number of carboxylic acid groups (broad SMARTS) is 1. The molecule has 6 heteroatoms. The molecule has 0 radical (unpaired) electrons. The Bertz CT molecular complexity index is 544. The van der Waals surface area contributed by atoms with Gasteiger partial charge in [0, 0.05) is 19.1 Å². The highest BCUT2D eigenvalue weighted by atomic mass is 16.5. The van der Waals surface area contributed by atoms with Crippen molar-refractivity contribution in [3.05, 3.63) is 29.3 Å². The minimum atomic E-state index is -1.06. The lowest BCUT2D eigenvalue weighted by Gasteiger charge is -2.15. The Hall–Kier alpha value is -2.08. The smallest absolute Gasteiger partial charge is 0.337 e. The molecule has 2 unspecified atom stereocenters. The zero-order valence-electron chi connectivity index (χ0n) is 12.2. The second-order valence-electron chi connectivity index (χ2n) is 5.31. The standard InChI is InChI=1S/C15H20N2O4/c1-9-3-4-13(12(7-9)14(18)19)17-15(20)16-8-11-5-6-21-10(11)2/h3-4,7,10-11H,5-6,8H2,1-2H3,(H,18,19)(H2,16,17,20). The van der Waals surface area contributed by atoms with E-state index in [1.807, 2.05) is 6.92 Å². The molecule has 1 aliphatic rings. The highest BCUT2D eigenvalue weighted by Gasteiger charge is 2.24. The number of ether oxygens (including phenoxy) is 1. The van der Waals surface area contributed by atoms with Gasteiger partial charge in [0.25, 0.3) is 0 Å². The van der Waals surface area contributed by atoms with Crippen LogP contribution in [0.5, 0.6) is 0 Å². The Kier molecular flexibility index (Phi) is 4.80. The summed E-state index contributed by atoms with van der Waals surface area (Å²) in [6.45, 7) is 5.02. The topological polar surface area (TPSA) is 87.7 Å². The first kappa shape index (κ1) is 15.3. The van der Waals surface area contributed by atoms with Gasteiger partial charge in [0.05, 0.1) is 17.4 Å². The summed E-state index contributed by atoms with van der Waals surface area (Å²) in [5.41, 5.74) is 1.21. The van der Waals surface area contributed by atoms with Crippen molar-refractivity contribution in [1.29, 1.82) is 0 Å². The summed E-state index contributed by atoms with van der Waals surface area (Å²) in [5.74, 6) is -0.764. The molecule has 3 N–H and O–H groups in total. The average Bonchev–Trinajstić information content (AvgIpc) is 2.84. The van der Waals surface area contributed by atoms with E-state index in [2.05, 4.69) is 10.6 Å². The predicted octanol–water partition coefficient (Wildman–Crippen LogP) is 2.24. The van der Waals surface area contributed by atoms with E-state index in [9.17, 15) is 9.59 Å². The van der Waals surface area contributed by atoms with Crippen molar-refractivity contribution in [2.75, 3.05) is 18.5 Å². The fourth-order valence-electron chi connectivity index (χ4n) is 2.38. The average molecular weight is 292 g/mol. The molecule has 1 aromatic rings. The number of hydrogen-bond acceptors (Lipinski definition) is 3. The molecular formula is C15H20N2O4. The largest absolute Gasteiger partial charge is 0.478 e. The van der Waals surface area contributed by atoms with Crippen LogP contribution in [0.4, 0.5) is 10.5 Å². The van der Waals surface area contributed by atoms with Gasteiger partial charge in [-0.15, -0.1) is 0 Å². The number of carbonyl (C=O) groups is 2. The highest BCUT2D eigenvalue weighted by Crippen LogP contribution is 2.20. The van der Waals surface area contributed by atoms with Gasteiger partial charge in [-0.05, 0) is 32.4 Å². The molecule has 2 amide bonds. The van der Waals surface area contributed by atoms with Crippen molar-refractivity contribution in [2.45, 2.75) is 26.4 Å². The molecule has 1 aromatic carbocycles. The van der Waals surface area contributed by atoms with Crippen LogP contribution in [0.25, 0.3) is 0 Å². The number of carbonyl (C=O) groups excluding carboxylic acids is 1. The van der Waals surface area contributed by atoms with E-state index in [1.165, 1.54) is 6.07 Å². The van der Waals surface area contributed by atoms with Gasteiger partial charge in [0.15, 0.2) is 0 Å². The van der Waals surface area contributed by atoms with Gasteiger partial charge in [0.2, 0.25) is 0 Å². The monoisotopic (exact) mass is 292 g/mol. The molecule has 1 aliphatic heterocycles. The maximum absolute atomic E-state index is 11.9. The minimum absolute atomic E-state index is 0.0858. The van der Waals surface area contributed by atoms with Gasteiger partial charge in [-0.25, -0.2) is 9.59 Å². The van der Waals surface area contributed by atoms with E-state index >= 15 is 0 Å². The lowest BCUT2D eigenvalue weighted by atomic mass is 10.0. The summed E-state index contributed by atoms with van der Waals surface area (Å²) in [6.07, 6.45) is 1.06. The molecule has 6 nitrogen and oxygen atoms in total. The van der Waals surface area contributed by atoms with Gasteiger partial charge in [-0.2, -0.15) is 0 Å². The van der Waals surface area contributed by atoms with E-state index < -0.39 is 12.0 Å². The van der Waals surface area contributed by atoms with Crippen molar-refractivity contribution < 1.29 is 19.4 Å². The number of hydrogen-bond donors (Lipinski definition) is 3. The summed E-state index contributed by atoms with van der Waals surface area (Å²) >= 11 is 0. The zero-order chi connectivity index (χ0) is 15.4. The van der Waals surface area contributed by atoms with Gasteiger partial charge in [-0.3, -0.25) is 0 Å². The minimum Gasteiger partial charge on any atom is -0.478 e.